The molecule has 4 aliphatic carbocycles. The number of hydrogen-bond acceptors (Lipinski definition) is 6. The molecule has 0 atom stereocenters. The second-order valence-corrected chi connectivity index (χ2v) is 35.0. The highest BCUT2D eigenvalue weighted by Gasteiger charge is 2.52. The fourth-order valence-corrected chi connectivity index (χ4v) is 23.0. The molecular formula is C118H72N4S2. The zero-order chi connectivity index (χ0) is 81.6. The molecule has 124 heavy (non-hydrogen) atoms. The summed E-state index contributed by atoms with van der Waals surface area (Å²) in [6.45, 7) is 0. The van der Waals surface area contributed by atoms with E-state index in [-0.39, 0.29) is 0 Å². The molecule has 18 aromatic carbocycles. The fraction of sp³-hybridized carbons (Fsp3) is 0.0169. The van der Waals surface area contributed by atoms with Crippen molar-refractivity contribution in [2.24, 2.45) is 0 Å². The third-order valence-corrected chi connectivity index (χ3v) is 28.6. The Morgan fingerprint density at radius 1 is 0.145 bits per heavy atom. The van der Waals surface area contributed by atoms with E-state index in [9.17, 15) is 0 Å². The molecule has 2 spiro atoms. The highest BCUT2D eigenvalue weighted by Crippen LogP contribution is 2.64. The second-order valence-electron chi connectivity index (χ2n) is 32.8. The minimum absolute atomic E-state index is 0.541. The van der Waals surface area contributed by atoms with Crippen molar-refractivity contribution in [2.75, 3.05) is 0 Å². The van der Waals surface area contributed by atoms with E-state index in [2.05, 4.69) is 437 Å². The average molecular weight is 1610 g/mol. The van der Waals surface area contributed by atoms with Crippen LogP contribution in [0.5, 0.6) is 0 Å². The molecule has 0 unspecified atom stereocenters. The van der Waals surface area contributed by atoms with Crippen molar-refractivity contribution in [3.8, 4) is 157 Å². The molecule has 26 rings (SSSR count). The molecule has 0 fully saturated rings. The predicted octanol–water partition coefficient (Wildman–Crippen LogP) is 31.0. The number of aromatic nitrogens is 4. The summed E-state index contributed by atoms with van der Waals surface area (Å²) in [4.78, 5) is 21.8. The van der Waals surface area contributed by atoms with E-state index in [0.29, 0.717) is 11.6 Å². The molecule has 0 N–H and O–H groups in total. The van der Waals surface area contributed by atoms with Crippen molar-refractivity contribution in [3.63, 3.8) is 0 Å². The lowest BCUT2D eigenvalue weighted by atomic mass is 9.66. The summed E-state index contributed by atoms with van der Waals surface area (Å²) in [5.41, 5.74) is 38.6. The number of thiophene rings is 2. The Morgan fingerprint density at radius 2 is 0.419 bits per heavy atom. The van der Waals surface area contributed by atoms with Gasteiger partial charge in [0.2, 0.25) is 0 Å². The SMILES string of the molecule is c1ccc(-c2cccc(-c3cc(-c4ccc5sc6ccccc6c5c4)nc(-c4ccc5c(c4)-c4ccccc4C54c5ccccc5-c5ccccc5-c5ccccc54)n3)c2)cc1.c1ccc(-c2cccc(-c3cc(-c4ccc5sc6ccccc6c5c4)nc(-c4ccc5c(c4)C4(c6ccccc6-c6ccccc6-c6ccccc64)c4ccccc4-5)n3)c2)cc1. The first-order valence-electron chi connectivity index (χ1n) is 42.4. The van der Waals surface area contributed by atoms with Gasteiger partial charge in [0, 0.05) is 73.7 Å². The Labute approximate surface area is 726 Å². The van der Waals surface area contributed by atoms with Gasteiger partial charge in [0.15, 0.2) is 11.6 Å². The Kier molecular flexibility index (Phi) is 16.5. The quantitative estimate of drug-likeness (QED) is 0.152. The van der Waals surface area contributed by atoms with Crippen LogP contribution in [0.25, 0.3) is 197 Å². The lowest BCUT2D eigenvalue weighted by Crippen LogP contribution is -2.29. The summed E-state index contributed by atoms with van der Waals surface area (Å²) in [6.07, 6.45) is 0. The molecule has 4 heterocycles. The maximum atomic E-state index is 5.49. The zero-order valence-electron chi connectivity index (χ0n) is 67.2. The Balaban J connectivity index is 0.000000136. The van der Waals surface area contributed by atoms with Crippen molar-refractivity contribution >= 4 is 63.0 Å². The van der Waals surface area contributed by atoms with Crippen molar-refractivity contribution in [2.45, 2.75) is 10.8 Å². The van der Waals surface area contributed by atoms with Gasteiger partial charge in [-0.05, 0) is 206 Å². The van der Waals surface area contributed by atoms with E-state index < -0.39 is 10.8 Å². The number of hydrogen-bond donors (Lipinski definition) is 0. The van der Waals surface area contributed by atoms with Crippen LogP contribution in [0.15, 0.2) is 437 Å². The van der Waals surface area contributed by atoms with Crippen LogP contribution in [0.1, 0.15) is 44.5 Å². The Hall–Kier alpha value is -15.4. The van der Waals surface area contributed by atoms with Gasteiger partial charge in [0.25, 0.3) is 0 Å². The van der Waals surface area contributed by atoms with Crippen LogP contribution in [-0.4, -0.2) is 19.9 Å². The zero-order valence-corrected chi connectivity index (χ0v) is 68.8. The summed E-state index contributed by atoms with van der Waals surface area (Å²) >= 11 is 3.67. The molecule has 0 saturated carbocycles. The van der Waals surface area contributed by atoms with E-state index >= 15 is 0 Å². The molecule has 6 heteroatoms. The van der Waals surface area contributed by atoms with Gasteiger partial charge < -0.3 is 0 Å². The third kappa shape index (κ3) is 11.1. The molecule has 0 bridgehead atoms. The van der Waals surface area contributed by atoms with Gasteiger partial charge in [-0.3, -0.25) is 0 Å². The van der Waals surface area contributed by atoms with Crippen LogP contribution in [-0.2, 0) is 10.8 Å². The van der Waals surface area contributed by atoms with E-state index in [1.807, 2.05) is 22.7 Å². The lowest BCUT2D eigenvalue weighted by molar-refractivity contribution is 0.775. The molecule has 4 aliphatic rings. The smallest absolute Gasteiger partial charge is 0.160 e. The Morgan fingerprint density at radius 3 is 0.831 bits per heavy atom. The highest BCUT2D eigenvalue weighted by atomic mass is 32.1. The van der Waals surface area contributed by atoms with Crippen LogP contribution < -0.4 is 0 Å². The molecule has 0 saturated heterocycles. The van der Waals surface area contributed by atoms with Crippen molar-refractivity contribution in [1.82, 2.24) is 19.9 Å². The molecule has 576 valence electrons. The molecule has 4 aromatic heterocycles. The van der Waals surface area contributed by atoms with E-state index in [0.717, 1.165) is 67.3 Å². The molecule has 0 amide bonds. The summed E-state index contributed by atoms with van der Waals surface area (Å²) in [5.74, 6) is 1.40. The van der Waals surface area contributed by atoms with E-state index in [1.54, 1.807) is 0 Å². The van der Waals surface area contributed by atoms with Gasteiger partial charge in [0.1, 0.15) is 0 Å². The van der Waals surface area contributed by atoms with Gasteiger partial charge in [-0.1, -0.05) is 364 Å². The fourth-order valence-electron chi connectivity index (χ4n) is 20.9. The van der Waals surface area contributed by atoms with Crippen molar-refractivity contribution in [3.05, 3.63) is 481 Å². The maximum Gasteiger partial charge on any atom is 0.160 e. The molecular weight excluding hydrogens is 1540 g/mol. The molecule has 0 aliphatic heterocycles. The van der Waals surface area contributed by atoms with E-state index in [4.69, 9.17) is 19.9 Å². The first-order valence-corrected chi connectivity index (χ1v) is 44.1. The molecule has 4 nitrogen and oxygen atoms in total. The normalized spacial score (nSPS) is 13.0. The average Bonchev–Trinajstić information content (AvgIpc) is 1.52. The first kappa shape index (κ1) is 71.5. The second kappa shape index (κ2) is 28.6. The predicted molar refractivity (Wildman–Crippen MR) is 517 cm³/mol. The van der Waals surface area contributed by atoms with E-state index in [1.165, 1.54) is 163 Å². The first-order chi connectivity index (χ1) is 61.4. The molecule has 22 aromatic rings. The van der Waals surface area contributed by atoms with Crippen molar-refractivity contribution in [1.29, 1.82) is 0 Å². The minimum atomic E-state index is -0.594. The highest BCUT2D eigenvalue weighted by molar-refractivity contribution is 7.26. The van der Waals surface area contributed by atoms with Crippen molar-refractivity contribution < 1.29 is 0 Å². The van der Waals surface area contributed by atoms with Crippen LogP contribution in [0, 0.1) is 0 Å². The minimum Gasteiger partial charge on any atom is -0.228 e. The van der Waals surface area contributed by atoms with Crippen LogP contribution in [0.3, 0.4) is 0 Å². The van der Waals surface area contributed by atoms with Gasteiger partial charge in [-0.2, -0.15) is 0 Å². The lowest BCUT2D eigenvalue weighted by Gasteiger charge is -2.35. The van der Waals surface area contributed by atoms with Crippen LogP contribution in [0.2, 0.25) is 0 Å². The summed E-state index contributed by atoms with van der Waals surface area (Å²) in [5, 5.41) is 5.05. The van der Waals surface area contributed by atoms with Crippen LogP contribution >= 0.6 is 22.7 Å². The number of nitrogens with zero attached hydrogens (tertiary/aromatic N) is 4. The maximum absolute atomic E-state index is 5.49. The number of fused-ring (bicyclic) bond motifs is 30. The molecule has 0 radical (unpaired) electrons. The van der Waals surface area contributed by atoms with Gasteiger partial charge in [0.05, 0.1) is 33.6 Å². The van der Waals surface area contributed by atoms with Gasteiger partial charge >= 0.3 is 0 Å². The standard InChI is InChI=1S/2C59H36N2S/c1-2-15-37(16-3-1)38-17-14-18-39(33-38)54-36-55(40-30-32-57-49(34-40)48-24-9-13-28-56(48)62-57)61-58(60-54)41-29-31-47-46-23-8-12-27-52(46)59(53(47)35-41)50-25-10-6-21-44(50)42-19-4-5-20-43(42)45-22-7-11-26-51(45)59;1-2-15-37(16-3-1)38-17-14-18-39(33-38)54-36-55(40-30-32-57-49(34-40)47-24-9-13-28-56(47)62-57)61-58(60-54)41-29-31-53-48(35-41)46-23-8-12-27-52(46)59(53)50-25-10-6-21-44(50)42-19-4-5-20-43(42)45-22-7-11-26-51(45)59/h2*1-36H. The number of benzene rings is 18. The summed E-state index contributed by atoms with van der Waals surface area (Å²) in [7, 11) is 0. The van der Waals surface area contributed by atoms with Gasteiger partial charge in [-0.15, -0.1) is 22.7 Å². The summed E-state index contributed by atoms with van der Waals surface area (Å²) in [6, 6.07) is 160. The largest absolute Gasteiger partial charge is 0.228 e. The topological polar surface area (TPSA) is 51.6 Å². The third-order valence-electron chi connectivity index (χ3n) is 26.3. The summed E-state index contributed by atoms with van der Waals surface area (Å²) < 4.78 is 5.13. The number of rotatable bonds is 8. The van der Waals surface area contributed by atoms with Gasteiger partial charge in [-0.25, -0.2) is 19.9 Å². The van der Waals surface area contributed by atoms with Crippen LogP contribution in [0.4, 0.5) is 0 Å². The monoisotopic (exact) mass is 1610 g/mol. The Bertz CT molecular complexity index is 8020.